The first-order valence-corrected chi connectivity index (χ1v) is 6.38. The quantitative estimate of drug-likeness (QED) is 0.735. The van der Waals surface area contributed by atoms with Crippen LogP contribution in [0.5, 0.6) is 0 Å². The molecule has 1 rings (SSSR count). The molecule has 1 saturated carbocycles. The molecule has 0 aliphatic heterocycles. The lowest BCUT2D eigenvalue weighted by Crippen LogP contribution is -2.42. The van der Waals surface area contributed by atoms with Crippen molar-refractivity contribution in [2.45, 2.75) is 58.9 Å². The van der Waals surface area contributed by atoms with Crippen LogP contribution in [0.15, 0.2) is 0 Å². The van der Waals surface area contributed by atoms with E-state index in [1.54, 1.807) is 0 Å². The normalized spacial score (nSPS) is 20.8. The standard InChI is InChI=1S/C13H27NO/c1-13(2,3)12(8-9-15)14-10-11-6-4-5-7-11/h11-12,14-15H,4-10H2,1-3H3. The molecule has 0 radical (unpaired) electrons. The van der Waals surface area contributed by atoms with Crippen LogP contribution >= 0.6 is 0 Å². The molecule has 0 aromatic rings. The zero-order valence-electron chi connectivity index (χ0n) is 10.6. The molecule has 1 aliphatic rings. The highest BCUT2D eigenvalue weighted by atomic mass is 16.3. The van der Waals surface area contributed by atoms with E-state index in [0.29, 0.717) is 12.6 Å². The topological polar surface area (TPSA) is 32.3 Å². The summed E-state index contributed by atoms with van der Waals surface area (Å²) in [5.74, 6) is 0.883. The van der Waals surface area contributed by atoms with Crippen LogP contribution in [-0.4, -0.2) is 24.3 Å². The minimum atomic E-state index is 0.251. The van der Waals surface area contributed by atoms with E-state index < -0.39 is 0 Å². The van der Waals surface area contributed by atoms with Gasteiger partial charge in [-0.05, 0) is 37.1 Å². The van der Waals surface area contributed by atoms with Crippen LogP contribution < -0.4 is 5.32 Å². The Bertz CT molecular complexity index is 168. The lowest BCUT2D eigenvalue weighted by Gasteiger charge is -2.32. The average Bonchev–Trinajstić information content (AvgIpc) is 2.62. The van der Waals surface area contributed by atoms with Crippen LogP contribution in [0.2, 0.25) is 0 Å². The summed E-state index contributed by atoms with van der Waals surface area (Å²) < 4.78 is 0. The molecular weight excluding hydrogens is 186 g/mol. The van der Waals surface area contributed by atoms with Crippen molar-refractivity contribution < 1.29 is 5.11 Å². The Kier molecular flexibility index (Phi) is 5.07. The highest BCUT2D eigenvalue weighted by Crippen LogP contribution is 2.26. The van der Waals surface area contributed by atoms with Gasteiger partial charge in [-0.25, -0.2) is 0 Å². The predicted octanol–water partition coefficient (Wildman–Crippen LogP) is 2.56. The molecule has 1 fully saturated rings. The van der Waals surface area contributed by atoms with E-state index >= 15 is 0 Å². The van der Waals surface area contributed by atoms with Gasteiger partial charge in [0, 0.05) is 12.6 Å². The summed E-state index contributed by atoms with van der Waals surface area (Å²) in [4.78, 5) is 0. The molecule has 0 aromatic carbocycles. The first kappa shape index (κ1) is 13.0. The SMILES string of the molecule is CC(C)(C)C(CCO)NCC1CCCC1. The van der Waals surface area contributed by atoms with Crippen molar-refractivity contribution in [2.75, 3.05) is 13.2 Å². The molecule has 0 spiro atoms. The molecule has 2 heteroatoms. The zero-order chi connectivity index (χ0) is 11.3. The van der Waals surface area contributed by atoms with Gasteiger partial charge in [0.15, 0.2) is 0 Å². The molecule has 2 N–H and O–H groups in total. The van der Waals surface area contributed by atoms with Crippen molar-refractivity contribution in [1.29, 1.82) is 0 Å². The molecule has 1 atom stereocenters. The maximum absolute atomic E-state index is 9.05. The summed E-state index contributed by atoms with van der Waals surface area (Å²) in [7, 11) is 0. The lowest BCUT2D eigenvalue weighted by atomic mass is 9.84. The van der Waals surface area contributed by atoms with Crippen LogP contribution in [0.3, 0.4) is 0 Å². The van der Waals surface area contributed by atoms with Gasteiger partial charge in [0.05, 0.1) is 0 Å². The van der Waals surface area contributed by atoms with Gasteiger partial charge >= 0.3 is 0 Å². The van der Waals surface area contributed by atoms with E-state index in [1.165, 1.54) is 25.7 Å². The highest BCUT2D eigenvalue weighted by molar-refractivity contribution is 4.82. The number of hydrogen-bond donors (Lipinski definition) is 2. The summed E-state index contributed by atoms with van der Waals surface area (Å²) in [6.45, 7) is 8.17. The van der Waals surface area contributed by atoms with E-state index in [1.807, 2.05) is 0 Å². The smallest absolute Gasteiger partial charge is 0.0446 e. The molecule has 1 aliphatic carbocycles. The molecule has 0 bridgehead atoms. The van der Waals surface area contributed by atoms with E-state index in [0.717, 1.165) is 18.9 Å². The minimum absolute atomic E-state index is 0.251. The Labute approximate surface area is 94.5 Å². The molecule has 1 unspecified atom stereocenters. The molecule has 0 saturated heterocycles. The third-order valence-electron chi connectivity index (χ3n) is 3.59. The van der Waals surface area contributed by atoms with Crippen molar-refractivity contribution in [3.63, 3.8) is 0 Å². The van der Waals surface area contributed by atoms with E-state index in [2.05, 4.69) is 26.1 Å². The molecule has 15 heavy (non-hydrogen) atoms. The number of hydrogen-bond acceptors (Lipinski definition) is 2. The second-order valence-corrected chi connectivity index (χ2v) is 5.99. The van der Waals surface area contributed by atoms with Gasteiger partial charge in [-0.15, -0.1) is 0 Å². The second-order valence-electron chi connectivity index (χ2n) is 5.99. The maximum atomic E-state index is 9.05. The largest absolute Gasteiger partial charge is 0.396 e. The third-order valence-corrected chi connectivity index (χ3v) is 3.59. The van der Waals surface area contributed by atoms with Gasteiger partial charge in [0.2, 0.25) is 0 Å². The Balaban J connectivity index is 2.30. The van der Waals surface area contributed by atoms with Crippen molar-refractivity contribution in [3.05, 3.63) is 0 Å². The number of nitrogens with one attached hydrogen (secondary N) is 1. The molecule has 0 aromatic heterocycles. The lowest BCUT2D eigenvalue weighted by molar-refractivity contribution is 0.192. The number of aliphatic hydroxyl groups excluding tert-OH is 1. The van der Waals surface area contributed by atoms with Gasteiger partial charge in [-0.1, -0.05) is 33.6 Å². The van der Waals surface area contributed by atoms with Gasteiger partial charge in [0.1, 0.15) is 0 Å². The fraction of sp³-hybridized carbons (Fsp3) is 1.00. The fourth-order valence-electron chi connectivity index (χ4n) is 2.49. The first-order chi connectivity index (χ1) is 7.04. The predicted molar refractivity (Wildman–Crippen MR) is 64.9 cm³/mol. The Morgan fingerprint density at radius 3 is 2.33 bits per heavy atom. The van der Waals surface area contributed by atoms with Gasteiger partial charge in [0.25, 0.3) is 0 Å². The van der Waals surface area contributed by atoms with Crippen LogP contribution in [0.1, 0.15) is 52.9 Å². The summed E-state index contributed by atoms with van der Waals surface area (Å²) >= 11 is 0. The highest BCUT2D eigenvalue weighted by Gasteiger charge is 2.25. The Morgan fingerprint density at radius 2 is 1.87 bits per heavy atom. The van der Waals surface area contributed by atoms with Gasteiger partial charge in [-0.3, -0.25) is 0 Å². The van der Waals surface area contributed by atoms with E-state index in [-0.39, 0.29) is 5.41 Å². The van der Waals surface area contributed by atoms with E-state index in [4.69, 9.17) is 5.11 Å². The summed E-state index contributed by atoms with van der Waals surface area (Å²) in [5, 5.41) is 12.7. The van der Waals surface area contributed by atoms with Crippen LogP contribution in [0.25, 0.3) is 0 Å². The first-order valence-electron chi connectivity index (χ1n) is 6.38. The monoisotopic (exact) mass is 213 g/mol. The molecule has 90 valence electrons. The third kappa shape index (κ3) is 4.52. The second kappa shape index (κ2) is 5.86. The Morgan fingerprint density at radius 1 is 1.27 bits per heavy atom. The van der Waals surface area contributed by atoms with Crippen LogP contribution in [-0.2, 0) is 0 Å². The summed E-state index contributed by atoms with van der Waals surface area (Å²) in [5.41, 5.74) is 0.251. The van der Waals surface area contributed by atoms with Crippen LogP contribution in [0, 0.1) is 11.3 Å². The average molecular weight is 213 g/mol. The Hall–Kier alpha value is -0.0800. The maximum Gasteiger partial charge on any atom is 0.0446 e. The van der Waals surface area contributed by atoms with Crippen LogP contribution in [0.4, 0.5) is 0 Å². The van der Waals surface area contributed by atoms with Crippen molar-refractivity contribution >= 4 is 0 Å². The zero-order valence-corrected chi connectivity index (χ0v) is 10.6. The fourth-order valence-corrected chi connectivity index (χ4v) is 2.49. The van der Waals surface area contributed by atoms with E-state index in [9.17, 15) is 0 Å². The summed E-state index contributed by atoms with van der Waals surface area (Å²) in [6.07, 6.45) is 6.47. The number of rotatable bonds is 5. The molecule has 0 amide bonds. The van der Waals surface area contributed by atoms with Crippen molar-refractivity contribution in [1.82, 2.24) is 5.32 Å². The number of aliphatic hydroxyl groups is 1. The van der Waals surface area contributed by atoms with Crippen molar-refractivity contribution in [2.24, 2.45) is 11.3 Å². The molecule has 0 heterocycles. The van der Waals surface area contributed by atoms with Crippen molar-refractivity contribution in [3.8, 4) is 0 Å². The summed E-state index contributed by atoms with van der Waals surface area (Å²) in [6, 6.07) is 0.447. The minimum Gasteiger partial charge on any atom is -0.396 e. The molecule has 2 nitrogen and oxygen atoms in total. The van der Waals surface area contributed by atoms with Gasteiger partial charge < -0.3 is 10.4 Å². The van der Waals surface area contributed by atoms with Gasteiger partial charge in [-0.2, -0.15) is 0 Å². The molecular formula is C13H27NO.